The van der Waals surface area contributed by atoms with Gasteiger partial charge in [-0.05, 0) is 44.8 Å². The third kappa shape index (κ3) is 5.03. The molecule has 0 aromatic heterocycles. The van der Waals surface area contributed by atoms with Crippen LogP contribution in [0.3, 0.4) is 0 Å². The summed E-state index contributed by atoms with van der Waals surface area (Å²) in [4.78, 5) is 16.9. The molecule has 0 saturated carbocycles. The molecule has 0 unspecified atom stereocenters. The molecule has 1 N–H and O–H groups in total. The van der Waals surface area contributed by atoms with Gasteiger partial charge in [0.15, 0.2) is 0 Å². The second kappa shape index (κ2) is 8.79. The van der Waals surface area contributed by atoms with Gasteiger partial charge >= 0.3 is 0 Å². The van der Waals surface area contributed by atoms with Gasteiger partial charge in [-0.15, -0.1) is 0 Å². The van der Waals surface area contributed by atoms with Gasteiger partial charge in [0.25, 0.3) is 0 Å². The van der Waals surface area contributed by atoms with Gasteiger partial charge in [0.05, 0.1) is 18.7 Å². The third-order valence-electron chi connectivity index (χ3n) is 5.47. The lowest BCUT2D eigenvalue weighted by Gasteiger charge is -2.40. The molecule has 0 spiro atoms. The Morgan fingerprint density at radius 1 is 1.32 bits per heavy atom. The Kier molecular flexibility index (Phi) is 6.45. The molecule has 0 bridgehead atoms. The van der Waals surface area contributed by atoms with Crippen LogP contribution in [0.1, 0.15) is 30.9 Å². The monoisotopic (exact) mass is 345 g/mol. The lowest BCUT2D eigenvalue weighted by molar-refractivity contribution is -0.124. The normalized spacial score (nSPS) is 25.4. The fourth-order valence-electron chi connectivity index (χ4n) is 4.05. The van der Waals surface area contributed by atoms with Crippen molar-refractivity contribution in [3.8, 4) is 0 Å². The molecule has 1 amide bonds. The molecule has 2 fully saturated rings. The first-order valence-electron chi connectivity index (χ1n) is 9.45. The van der Waals surface area contributed by atoms with E-state index in [4.69, 9.17) is 4.74 Å². The van der Waals surface area contributed by atoms with Gasteiger partial charge in [-0.2, -0.15) is 0 Å². The molecule has 25 heavy (non-hydrogen) atoms. The molecule has 2 saturated heterocycles. The Labute approximate surface area is 151 Å². The molecule has 2 aliphatic rings. The van der Waals surface area contributed by atoms with Crippen molar-refractivity contribution in [3.05, 3.63) is 35.9 Å². The number of ether oxygens (including phenoxy) is 1. The highest BCUT2D eigenvalue weighted by atomic mass is 16.5. The minimum Gasteiger partial charge on any atom is -0.378 e. The number of benzene rings is 1. The Bertz CT molecular complexity index is 549. The number of nitrogens with one attached hydrogen (secondary N) is 1. The van der Waals surface area contributed by atoms with Gasteiger partial charge < -0.3 is 15.0 Å². The number of piperidine rings is 1. The molecule has 1 aromatic carbocycles. The molecule has 5 heteroatoms. The summed E-state index contributed by atoms with van der Waals surface area (Å²) in [6, 6.07) is 10.5. The first-order chi connectivity index (χ1) is 12.1. The van der Waals surface area contributed by atoms with E-state index in [2.05, 4.69) is 41.3 Å². The SMILES string of the molecule is CN(C)[C@H](CNC(=O)CN1CC[C@H]2OCCC[C@H]2C1)c1ccccc1. The topological polar surface area (TPSA) is 44.8 Å². The molecule has 3 rings (SSSR count). The maximum absolute atomic E-state index is 12.4. The minimum absolute atomic E-state index is 0.123. The molecule has 2 aliphatic heterocycles. The van der Waals surface area contributed by atoms with Crippen molar-refractivity contribution < 1.29 is 9.53 Å². The van der Waals surface area contributed by atoms with Gasteiger partial charge in [0, 0.05) is 26.2 Å². The average Bonchev–Trinajstić information content (AvgIpc) is 2.62. The zero-order valence-corrected chi connectivity index (χ0v) is 15.5. The zero-order chi connectivity index (χ0) is 17.6. The highest BCUT2D eigenvalue weighted by molar-refractivity contribution is 5.78. The van der Waals surface area contributed by atoms with Crippen LogP contribution in [-0.4, -0.2) is 68.7 Å². The van der Waals surface area contributed by atoms with E-state index in [1.54, 1.807) is 0 Å². The number of rotatable bonds is 6. The number of hydrogen-bond acceptors (Lipinski definition) is 4. The molecule has 5 nitrogen and oxygen atoms in total. The van der Waals surface area contributed by atoms with Crippen molar-refractivity contribution in [2.75, 3.05) is 46.9 Å². The molecule has 0 radical (unpaired) electrons. The summed E-state index contributed by atoms with van der Waals surface area (Å²) < 4.78 is 5.86. The van der Waals surface area contributed by atoms with Crippen LogP contribution in [-0.2, 0) is 9.53 Å². The van der Waals surface area contributed by atoms with Crippen molar-refractivity contribution in [3.63, 3.8) is 0 Å². The lowest BCUT2D eigenvalue weighted by atomic mass is 9.88. The molecular formula is C20H31N3O2. The Morgan fingerprint density at radius 3 is 2.88 bits per heavy atom. The quantitative estimate of drug-likeness (QED) is 0.855. The Morgan fingerprint density at radius 2 is 2.12 bits per heavy atom. The first kappa shape index (κ1) is 18.4. The van der Waals surface area contributed by atoms with Gasteiger partial charge in [-0.3, -0.25) is 9.69 Å². The number of amides is 1. The predicted octanol–water partition coefficient (Wildman–Crippen LogP) is 1.91. The number of carbonyl (C=O) groups excluding carboxylic acids is 1. The van der Waals surface area contributed by atoms with E-state index in [1.165, 1.54) is 12.0 Å². The summed E-state index contributed by atoms with van der Waals surface area (Å²) >= 11 is 0. The summed E-state index contributed by atoms with van der Waals surface area (Å²) in [5.41, 5.74) is 1.23. The van der Waals surface area contributed by atoms with E-state index in [1.807, 2.05) is 18.2 Å². The van der Waals surface area contributed by atoms with E-state index >= 15 is 0 Å². The summed E-state index contributed by atoms with van der Waals surface area (Å²) in [5.74, 6) is 0.729. The number of carbonyl (C=O) groups is 1. The van der Waals surface area contributed by atoms with Gasteiger partial charge in [0.2, 0.25) is 5.91 Å². The first-order valence-corrected chi connectivity index (χ1v) is 9.45. The smallest absolute Gasteiger partial charge is 0.234 e. The van der Waals surface area contributed by atoms with Crippen LogP contribution in [0, 0.1) is 5.92 Å². The van der Waals surface area contributed by atoms with Crippen LogP contribution in [0.25, 0.3) is 0 Å². The summed E-state index contributed by atoms with van der Waals surface area (Å²) in [6.45, 7) is 4.00. The maximum Gasteiger partial charge on any atom is 0.234 e. The molecule has 138 valence electrons. The molecular weight excluding hydrogens is 314 g/mol. The molecule has 0 aliphatic carbocycles. The number of likely N-dealkylation sites (N-methyl/N-ethyl adjacent to an activating group) is 1. The number of nitrogens with zero attached hydrogens (tertiary/aromatic N) is 2. The molecule has 2 heterocycles. The van der Waals surface area contributed by atoms with Crippen LogP contribution in [0.2, 0.25) is 0 Å². The second-order valence-electron chi connectivity index (χ2n) is 7.53. The third-order valence-corrected chi connectivity index (χ3v) is 5.47. The minimum atomic E-state index is 0.123. The number of likely N-dealkylation sites (tertiary alicyclic amines) is 1. The second-order valence-corrected chi connectivity index (χ2v) is 7.53. The average molecular weight is 345 g/mol. The van der Waals surface area contributed by atoms with E-state index < -0.39 is 0 Å². The van der Waals surface area contributed by atoms with E-state index in [9.17, 15) is 4.79 Å². The largest absolute Gasteiger partial charge is 0.378 e. The summed E-state index contributed by atoms with van der Waals surface area (Å²) in [7, 11) is 4.11. The maximum atomic E-state index is 12.4. The number of hydrogen-bond donors (Lipinski definition) is 1. The van der Waals surface area contributed by atoms with E-state index in [0.717, 1.165) is 32.5 Å². The summed E-state index contributed by atoms with van der Waals surface area (Å²) in [6.07, 6.45) is 3.87. The van der Waals surface area contributed by atoms with Gasteiger partial charge in [0.1, 0.15) is 0 Å². The fraction of sp³-hybridized carbons (Fsp3) is 0.650. The van der Waals surface area contributed by atoms with E-state index in [-0.39, 0.29) is 11.9 Å². The molecule has 3 atom stereocenters. The van der Waals surface area contributed by atoms with E-state index in [0.29, 0.717) is 25.1 Å². The van der Waals surface area contributed by atoms with Crippen molar-refractivity contribution in [2.24, 2.45) is 5.92 Å². The van der Waals surface area contributed by atoms with Gasteiger partial charge in [-0.1, -0.05) is 30.3 Å². The Balaban J connectivity index is 1.47. The fourth-order valence-corrected chi connectivity index (χ4v) is 4.05. The van der Waals surface area contributed by atoms with Gasteiger partial charge in [-0.25, -0.2) is 0 Å². The lowest BCUT2D eigenvalue weighted by Crippen LogP contribution is -2.49. The Hall–Kier alpha value is -1.43. The van der Waals surface area contributed by atoms with Crippen LogP contribution < -0.4 is 5.32 Å². The standard InChI is InChI=1S/C20H31N3O2/c1-22(2)18(16-7-4-3-5-8-16)13-21-20(24)15-23-11-10-19-17(14-23)9-6-12-25-19/h3-5,7-8,17-19H,6,9-15H2,1-2H3,(H,21,24)/t17-,18+,19+/m0/s1. The van der Waals surface area contributed by atoms with Crippen molar-refractivity contribution in [1.82, 2.24) is 15.1 Å². The van der Waals surface area contributed by atoms with Crippen LogP contribution in [0.15, 0.2) is 30.3 Å². The zero-order valence-electron chi connectivity index (χ0n) is 15.5. The highest BCUT2D eigenvalue weighted by Crippen LogP contribution is 2.28. The van der Waals surface area contributed by atoms with Crippen molar-refractivity contribution in [2.45, 2.75) is 31.4 Å². The van der Waals surface area contributed by atoms with Crippen LogP contribution in [0.4, 0.5) is 0 Å². The number of fused-ring (bicyclic) bond motifs is 1. The highest BCUT2D eigenvalue weighted by Gasteiger charge is 2.32. The van der Waals surface area contributed by atoms with Crippen LogP contribution >= 0.6 is 0 Å². The molecule has 1 aromatic rings. The predicted molar refractivity (Wildman–Crippen MR) is 99.4 cm³/mol. The van der Waals surface area contributed by atoms with Crippen LogP contribution in [0.5, 0.6) is 0 Å². The van der Waals surface area contributed by atoms with Crippen molar-refractivity contribution in [1.29, 1.82) is 0 Å². The van der Waals surface area contributed by atoms with Crippen molar-refractivity contribution >= 4 is 5.91 Å². The summed E-state index contributed by atoms with van der Waals surface area (Å²) in [5, 5.41) is 3.13.